The minimum atomic E-state index is -0.0364. The molecule has 0 radical (unpaired) electrons. The predicted octanol–water partition coefficient (Wildman–Crippen LogP) is 2.05. The monoisotopic (exact) mass is 236 g/mol. The Bertz CT molecular complexity index is 332. The standard InChI is InChI=1S/C13H20N2O2/c1-10(14)13-6-5-11(8-15-13)17-9-12-4-2-3-7-16-12/h5-6,8,10,12H,2-4,7,9,14H2,1H3/t10-,12?/m1/s1. The molecule has 4 heteroatoms. The van der Waals surface area contributed by atoms with Gasteiger partial charge in [0.25, 0.3) is 0 Å². The molecule has 0 saturated carbocycles. The van der Waals surface area contributed by atoms with Gasteiger partial charge in [-0.25, -0.2) is 0 Å². The van der Waals surface area contributed by atoms with Crippen molar-refractivity contribution in [2.45, 2.75) is 38.3 Å². The van der Waals surface area contributed by atoms with Crippen molar-refractivity contribution in [1.29, 1.82) is 0 Å². The minimum Gasteiger partial charge on any atom is -0.489 e. The molecule has 94 valence electrons. The molecule has 0 aliphatic carbocycles. The first-order valence-electron chi connectivity index (χ1n) is 6.21. The van der Waals surface area contributed by atoms with Crippen LogP contribution in [0.5, 0.6) is 5.75 Å². The smallest absolute Gasteiger partial charge is 0.137 e. The van der Waals surface area contributed by atoms with E-state index in [4.69, 9.17) is 15.2 Å². The molecule has 1 fully saturated rings. The molecule has 2 heterocycles. The quantitative estimate of drug-likeness (QED) is 0.869. The van der Waals surface area contributed by atoms with E-state index in [1.54, 1.807) is 6.20 Å². The van der Waals surface area contributed by atoms with Crippen LogP contribution in [-0.2, 0) is 4.74 Å². The molecule has 4 nitrogen and oxygen atoms in total. The Labute approximate surface area is 102 Å². The summed E-state index contributed by atoms with van der Waals surface area (Å²) in [6.07, 6.45) is 5.45. The number of pyridine rings is 1. The molecule has 1 aliphatic heterocycles. The van der Waals surface area contributed by atoms with Crippen molar-refractivity contribution in [3.63, 3.8) is 0 Å². The third kappa shape index (κ3) is 3.68. The normalized spacial score (nSPS) is 22.1. The second kappa shape index (κ2) is 5.98. The van der Waals surface area contributed by atoms with Crippen LogP contribution in [0.3, 0.4) is 0 Å². The molecule has 2 atom stereocenters. The van der Waals surface area contributed by atoms with Gasteiger partial charge in [-0.05, 0) is 38.3 Å². The lowest BCUT2D eigenvalue weighted by molar-refractivity contribution is -0.0111. The van der Waals surface area contributed by atoms with E-state index in [0.29, 0.717) is 6.61 Å². The largest absolute Gasteiger partial charge is 0.489 e. The highest BCUT2D eigenvalue weighted by Gasteiger charge is 2.14. The first kappa shape index (κ1) is 12.3. The second-order valence-electron chi connectivity index (χ2n) is 4.51. The highest BCUT2D eigenvalue weighted by atomic mass is 16.5. The van der Waals surface area contributed by atoms with Crippen molar-refractivity contribution in [3.05, 3.63) is 24.0 Å². The van der Waals surface area contributed by atoms with Crippen molar-refractivity contribution in [2.24, 2.45) is 5.73 Å². The maximum Gasteiger partial charge on any atom is 0.137 e. The van der Waals surface area contributed by atoms with E-state index in [2.05, 4.69) is 4.98 Å². The van der Waals surface area contributed by atoms with Gasteiger partial charge in [-0.3, -0.25) is 4.98 Å². The van der Waals surface area contributed by atoms with Crippen LogP contribution < -0.4 is 10.5 Å². The summed E-state index contributed by atoms with van der Waals surface area (Å²) in [5.41, 5.74) is 6.61. The Hall–Kier alpha value is -1.13. The van der Waals surface area contributed by atoms with E-state index in [0.717, 1.165) is 24.5 Å². The van der Waals surface area contributed by atoms with E-state index in [1.807, 2.05) is 19.1 Å². The number of nitrogens with zero attached hydrogens (tertiary/aromatic N) is 1. The molecule has 1 aliphatic rings. The zero-order valence-corrected chi connectivity index (χ0v) is 10.3. The summed E-state index contributed by atoms with van der Waals surface area (Å²) in [5.74, 6) is 0.781. The number of ether oxygens (including phenoxy) is 2. The number of hydrogen-bond acceptors (Lipinski definition) is 4. The predicted molar refractivity (Wildman–Crippen MR) is 65.9 cm³/mol. The van der Waals surface area contributed by atoms with Gasteiger partial charge in [-0.2, -0.15) is 0 Å². The van der Waals surface area contributed by atoms with Crippen molar-refractivity contribution < 1.29 is 9.47 Å². The molecule has 0 aromatic carbocycles. The first-order valence-corrected chi connectivity index (χ1v) is 6.21. The minimum absolute atomic E-state index is 0.0364. The van der Waals surface area contributed by atoms with Crippen molar-refractivity contribution in [1.82, 2.24) is 4.98 Å². The maximum atomic E-state index is 5.73. The molecular weight excluding hydrogens is 216 g/mol. The summed E-state index contributed by atoms with van der Waals surface area (Å²) >= 11 is 0. The Kier molecular flexibility index (Phi) is 4.34. The Morgan fingerprint density at radius 2 is 2.41 bits per heavy atom. The van der Waals surface area contributed by atoms with Gasteiger partial charge in [-0.15, -0.1) is 0 Å². The van der Waals surface area contributed by atoms with E-state index in [1.165, 1.54) is 12.8 Å². The van der Waals surface area contributed by atoms with Crippen molar-refractivity contribution in [3.8, 4) is 5.75 Å². The molecule has 0 bridgehead atoms. The van der Waals surface area contributed by atoms with Crippen molar-refractivity contribution in [2.75, 3.05) is 13.2 Å². The van der Waals surface area contributed by atoms with Gasteiger partial charge < -0.3 is 15.2 Å². The van der Waals surface area contributed by atoms with Crippen LogP contribution in [0.4, 0.5) is 0 Å². The summed E-state index contributed by atoms with van der Waals surface area (Å²) in [7, 11) is 0. The molecular formula is C13H20N2O2. The number of hydrogen-bond donors (Lipinski definition) is 1. The Balaban J connectivity index is 1.82. The van der Waals surface area contributed by atoms with Gasteiger partial charge in [-0.1, -0.05) is 0 Å². The highest BCUT2D eigenvalue weighted by molar-refractivity contribution is 5.21. The van der Waals surface area contributed by atoms with E-state index in [9.17, 15) is 0 Å². The van der Waals surface area contributed by atoms with Crippen LogP contribution in [0, 0.1) is 0 Å². The van der Waals surface area contributed by atoms with Gasteiger partial charge in [0.1, 0.15) is 12.4 Å². The van der Waals surface area contributed by atoms with Gasteiger partial charge in [0.2, 0.25) is 0 Å². The summed E-state index contributed by atoms with van der Waals surface area (Å²) < 4.78 is 11.2. The third-order valence-corrected chi connectivity index (χ3v) is 2.94. The lowest BCUT2D eigenvalue weighted by Gasteiger charge is -2.22. The number of aromatic nitrogens is 1. The van der Waals surface area contributed by atoms with E-state index in [-0.39, 0.29) is 12.1 Å². The molecule has 1 aromatic heterocycles. The lowest BCUT2D eigenvalue weighted by Crippen LogP contribution is -2.25. The molecule has 17 heavy (non-hydrogen) atoms. The fourth-order valence-corrected chi connectivity index (χ4v) is 1.87. The summed E-state index contributed by atoms with van der Waals surface area (Å²) in [4.78, 5) is 4.25. The topological polar surface area (TPSA) is 57.4 Å². The van der Waals surface area contributed by atoms with Gasteiger partial charge in [0, 0.05) is 12.6 Å². The zero-order chi connectivity index (χ0) is 12.1. The maximum absolute atomic E-state index is 5.73. The van der Waals surface area contributed by atoms with Crippen LogP contribution in [0.1, 0.15) is 37.9 Å². The van der Waals surface area contributed by atoms with Gasteiger partial charge in [0.05, 0.1) is 18.0 Å². The fraction of sp³-hybridized carbons (Fsp3) is 0.615. The van der Waals surface area contributed by atoms with E-state index >= 15 is 0 Å². The average Bonchev–Trinajstić information content (AvgIpc) is 2.38. The summed E-state index contributed by atoms with van der Waals surface area (Å²) in [6.45, 7) is 3.38. The Morgan fingerprint density at radius 3 is 3.00 bits per heavy atom. The zero-order valence-electron chi connectivity index (χ0n) is 10.3. The van der Waals surface area contributed by atoms with E-state index < -0.39 is 0 Å². The molecule has 0 amide bonds. The number of rotatable bonds is 4. The highest BCUT2D eigenvalue weighted by Crippen LogP contribution is 2.16. The van der Waals surface area contributed by atoms with Gasteiger partial charge >= 0.3 is 0 Å². The lowest BCUT2D eigenvalue weighted by atomic mass is 10.1. The molecule has 0 spiro atoms. The third-order valence-electron chi connectivity index (χ3n) is 2.94. The summed E-state index contributed by atoms with van der Waals surface area (Å²) in [5, 5.41) is 0. The molecule has 1 unspecified atom stereocenters. The number of nitrogens with two attached hydrogens (primary N) is 1. The van der Waals surface area contributed by atoms with Crippen LogP contribution in [0.2, 0.25) is 0 Å². The van der Waals surface area contributed by atoms with Gasteiger partial charge in [0.15, 0.2) is 0 Å². The fourth-order valence-electron chi connectivity index (χ4n) is 1.87. The second-order valence-corrected chi connectivity index (χ2v) is 4.51. The Morgan fingerprint density at radius 1 is 1.53 bits per heavy atom. The van der Waals surface area contributed by atoms with Crippen LogP contribution in [-0.4, -0.2) is 24.3 Å². The molecule has 1 saturated heterocycles. The van der Waals surface area contributed by atoms with Crippen LogP contribution in [0.25, 0.3) is 0 Å². The first-order chi connectivity index (χ1) is 8.25. The summed E-state index contributed by atoms with van der Waals surface area (Å²) in [6, 6.07) is 3.78. The van der Waals surface area contributed by atoms with Crippen molar-refractivity contribution >= 4 is 0 Å². The molecule has 1 aromatic rings. The van der Waals surface area contributed by atoms with Crippen LogP contribution in [0.15, 0.2) is 18.3 Å². The van der Waals surface area contributed by atoms with Crippen LogP contribution >= 0.6 is 0 Å². The molecule has 2 rings (SSSR count). The molecule has 2 N–H and O–H groups in total. The SMILES string of the molecule is C[C@@H](N)c1ccc(OCC2CCCCO2)cn1. The average molecular weight is 236 g/mol.